The van der Waals surface area contributed by atoms with E-state index >= 15 is 0 Å². The molecule has 2 unspecified atom stereocenters. The Hall–Kier alpha value is -0.160. The molecule has 0 aromatic heterocycles. The van der Waals surface area contributed by atoms with Crippen LogP contribution in [-0.4, -0.2) is 55.5 Å². The Balaban J connectivity index is 2.33. The van der Waals surface area contributed by atoms with Gasteiger partial charge in [0, 0.05) is 32.3 Å². The van der Waals surface area contributed by atoms with Crippen LogP contribution in [0.3, 0.4) is 0 Å². The van der Waals surface area contributed by atoms with Gasteiger partial charge in [0.05, 0.1) is 13.2 Å². The molecule has 0 heterocycles. The van der Waals surface area contributed by atoms with Crippen molar-refractivity contribution >= 4 is 0 Å². The summed E-state index contributed by atoms with van der Waals surface area (Å²) < 4.78 is 5.05. The van der Waals surface area contributed by atoms with Crippen molar-refractivity contribution in [2.24, 2.45) is 5.73 Å². The number of aliphatic hydroxyl groups is 1. The van der Waals surface area contributed by atoms with Gasteiger partial charge in [-0.3, -0.25) is 4.90 Å². The molecule has 0 amide bonds. The van der Waals surface area contributed by atoms with Gasteiger partial charge in [0.2, 0.25) is 0 Å². The van der Waals surface area contributed by atoms with Gasteiger partial charge in [0.25, 0.3) is 0 Å². The van der Waals surface area contributed by atoms with E-state index in [0.717, 1.165) is 39.0 Å². The SMILES string of the molecule is COCCN(CCO)C1CCC(N)C1. The molecule has 3 N–H and O–H groups in total. The van der Waals surface area contributed by atoms with Crippen LogP contribution in [-0.2, 0) is 4.74 Å². The van der Waals surface area contributed by atoms with Crippen molar-refractivity contribution in [3.63, 3.8) is 0 Å². The number of hydrogen-bond donors (Lipinski definition) is 2. The lowest BCUT2D eigenvalue weighted by Crippen LogP contribution is -2.38. The van der Waals surface area contributed by atoms with Gasteiger partial charge in [-0.2, -0.15) is 0 Å². The average Bonchev–Trinajstić information content (AvgIpc) is 2.59. The molecule has 2 atom stereocenters. The Bertz CT molecular complexity index is 155. The molecule has 0 aliphatic heterocycles. The van der Waals surface area contributed by atoms with Crippen LogP contribution < -0.4 is 5.73 Å². The molecule has 1 aliphatic carbocycles. The second-order valence-corrected chi connectivity index (χ2v) is 3.98. The van der Waals surface area contributed by atoms with Crippen molar-refractivity contribution in [1.82, 2.24) is 4.90 Å². The summed E-state index contributed by atoms with van der Waals surface area (Å²) in [6.45, 7) is 2.58. The maximum atomic E-state index is 8.95. The average molecular weight is 202 g/mol. The standard InChI is InChI=1S/C10H22N2O2/c1-14-7-5-12(4-6-13)10-3-2-9(11)8-10/h9-10,13H,2-8,11H2,1H3. The molecule has 4 heteroatoms. The third kappa shape index (κ3) is 3.53. The fourth-order valence-corrected chi connectivity index (χ4v) is 2.14. The van der Waals surface area contributed by atoms with E-state index in [9.17, 15) is 0 Å². The zero-order chi connectivity index (χ0) is 10.4. The highest BCUT2D eigenvalue weighted by atomic mass is 16.5. The normalized spacial score (nSPS) is 27.4. The highest BCUT2D eigenvalue weighted by Gasteiger charge is 2.26. The number of ether oxygens (including phenoxy) is 1. The first-order chi connectivity index (χ1) is 6.77. The second-order valence-electron chi connectivity index (χ2n) is 3.98. The summed E-state index contributed by atoms with van der Waals surface area (Å²) in [5, 5.41) is 8.95. The van der Waals surface area contributed by atoms with Crippen LogP contribution in [0.25, 0.3) is 0 Å². The Morgan fingerprint density at radius 1 is 1.43 bits per heavy atom. The first kappa shape index (κ1) is 11.9. The Morgan fingerprint density at radius 3 is 2.71 bits per heavy atom. The number of nitrogens with two attached hydrogens (primary N) is 1. The van der Waals surface area contributed by atoms with Crippen LogP contribution in [0.15, 0.2) is 0 Å². The number of nitrogens with zero attached hydrogens (tertiary/aromatic N) is 1. The van der Waals surface area contributed by atoms with Gasteiger partial charge < -0.3 is 15.6 Å². The van der Waals surface area contributed by atoms with E-state index in [2.05, 4.69) is 4.90 Å². The maximum Gasteiger partial charge on any atom is 0.0589 e. The molecule has 0 saturated heterocycles. The van der Waals surface area contributed by atoms with Crippen LogP contribution in [0.5, 0.6) is 0 Å². The highest BCUT2D eigenvalue weighted by molar-refractivity contribution is 4.84. The highest BCUT2D eigenvalue weighted by Crippen LogP contribution is 2.22. The maximum absolute atomic E-state index is 8.95. The van der Waals surface area contributed by atoms with Crippen LogP contribution in [0, 0.1) is 0 Å². The lowest BCUT2D eigenvalue weighted by Gasteiger charge is -2.27. The summed E-state index contributed by atoms with van der Waals surface area (Å²) in [7, 11) is 1.71. The zero-order valence-electron chi connectivity index (χ0n) is 8.98. The van der Waals surface area contributed by atoms with Gasteiger partial charge >= 0.3 is 0 Å². The van der Waals surface area contributed by atoms with E-state index in [4.69, 9.17) is 15.6 Å². The molecule has 14 heavy (non-hydrogen) atoms. The number of rotatable bonds is 6. The van der Waals surface area contributed by atoms with E-state index < -0.39 is 0 Å². The van der Waals surface area contributed by atoms with Crippen molar-refractivity contribution < 1.29 is 9.84 Å². The molecule has 0 spiro atoms. The lowest BCUT2D eigenvalue weighted by atomic mass is 10.2. The Labute approximate surface area is 86.0 Å². The summed E-state index contributed by atoms with van der Waals surface area (Å²) in [6, 6.07) is 0.899. The van der Waals surface area contributed by atoms with E-state index in [1.807, 2.05) is 0 Å². The molecular weight excluding hydrogens is 180 g/mol. The van der Waals surface area contributed by atoms with E-state index in [0.29, 0.717) is 12.1 Å². The van der Waals surface area contributed by atoms with Gasteiger partial charge in [0.15, 0.2) is 0 Å². The van der Waals surface area contributed by atoms with Crippen molar-refractivity contribution in [2.45, 2.75) is 31.3 Å². The van der Waals surface area contributed by atoms with Crippen molar-refractivity contribution in [2.75, 3.05) is 33.4 Å². The third-order valence-electron chi connectivity index (χ3n) is 2.93. The molecule has 84 valence electrons. The van der Waals surface area contributed by atoms with Gasteiger partial charge in [-0.05, 0) is 19.3 Å². The van der Waals surface area contributed by atoms with Gasteiger partial charge in [0.1, 0.15) is 0 Å². The van der Waals surface area contributed by atoms with Gasteiger partial charge in [-0.15, -0.1) is 0 Å². The molecular formula is C10H22N2O2. The molecule has 0 aromatic carbocycles. The van der Waals surface area contributed by atoms with Crippen LogP contribution in [0.1, 0.15) is 19.3 Å². The lowest BCUT2D eigenvalue weighted by molar-refractivity contribution is 0.102. The van der Waals surface area contributed by atoms with Crippen molar-refractivity contribution in [3.8, 4) is 0 Å². The predicted molar refractivity (Wildman–Crippen MR) is 56.1 cm³/mol. The number of aliphatic hydroxyl groups excluding tert-OH is 1. The smallest absolute Gasteiger partial charge is 0.0589 e. The molecule has 1 saturated carbocycles. The molecule has 0 aromatic rings. The van der Waals surface area contributed by atoms with Crippen LogP contribution in [0.2, 0.25) is 0 Å². The van der Waals surface area contributed by atoms with Crippen molar-refractivity contribution in [1.29, 1.82) is 0 Å². The largest absolute Gasteiger partial charge is 0.395 e. The first-order valence-electron chi connectivity index (χ1n) is 5.37. The molecule has 1 fully saturated rings. The molecule has 1 rings (SSSR count). The van der Waals surface area contributed by atoms with Crippen molar-refractivity contribution in [3.05, 3.63) is 0 Å². The number of hydrogen-bond acceptors (Lipinski definition) is 4. The summed E-state index contributed by atoms with van der Waals surface area (Å²) in [6.07, 6.45) is 3.33. The second kappa shape index (κ2) is 6.35. The fraction of sp³-hybridized carbons (Fsp3) is 1.00. The predicted octanol–water partition coefficient (Wildman–Crippen LogP) is -0.193. The third-order valence-corrected chi connectivity index (χ3v) is 2.93. The summed E-state index contributed by atoms with van der Waals surface area (Å²) in [4.78, 5) is 2.29. The molecule has 0 radical (unpaired) electrons. The van der Waals surface area contributed by atoms with E-state index in [1.165, 1.54) is 0 Å². The van der Waals surface area contributed by atoms with E-state index in [1.54, 1.807) is 7.11 Å². The molecule has 1 aliphatic rings. The minimum absolute atomic E-state index is 0.218. The number of methoxy groups -OCH3 is 1. The fourth-order valence-electron chi connectivity index (χ4n) is 2.14. The summed E-state index contributed by atoms with van der Waals surface area (Å²) >= 11 is 0. The van der Waals surface area contributed by atoms with Crippen LogP contribution >= 0.6 is 0 Å². The summed E-state index contributed by atoms with van der Waals surface area (Å²) in [5.74, 6) is 0. The molecule has 4 nitrogen and oxygen atoms in total. The van der Waals surface area contributed by atoms with Crippen LogP contribution in [0.4, 0.5) is 0 Å². The van der Waals surface area contributed by atoms with Gasteiger partial charge in [-0.1, -0.05) is 0 Å². The Kier molecular flexibility index (Phi) is 5.40. The first-order valence-corrected chi connectivity index (χ1v) is 5.37. The Morgan fingerprint density at radius 2 is 2.21 bits per heavy atom. The zero-order valence-corrected chi connectivity index (χ0v) is 8.98. The minimum Gasteiger partial charge on any atom is -0.395 e. The minimum atomic E-state index is 0.218. The molecule has 0 bridgehead atoms. The summed E-state index contributed by atoms with van der Waals surface area (Å²) in [5.41, 5.74) is 5.87. The van der Waals surface area contributed by atoms with Gasteiger partial charge in [-0.25, -0.2) is 0 Å². The monoisotopic (exact) mass is 202 g/mol. The topological polar surface area (TPSA) is 58.7 Å². The van der Waals surface area contributed by atoms with E-state index in [-0.39, 0.29) is 6.61 Å². The quantitative estimate of drug-likeness (QED) is 0.626.